The van der Waals surface area contributed by atoms with Crippen molar-refractivity contribution >= 4 is 0 Å². The summed E-state index contributed by atoms with van der Waals surface area (Å²) >= 11 is 0. The molecule has 0 bridgehead atoms. The molecule has 0 unspecified atom stereocenters. The zero-order chi connectivity index (χ0) is 8.72. The number of fused-ring (bicyclic) bond motifs is 1. The van der Waals surface area contributed by atoms with Crippen LogP contribution >= 0.6 is 0 Å². The molecule has 1 heterocycles. The van der Waals surface area contributed by atoms with Gasteiger partial charge in [-0.3, -0.25) is 0 Å². The molecular formula is C10H20N2. The lowest BCUT2D eigenvalue weighted by atomic mass is 9.98. The Kier molecular flexibility index (Phi) is 2.13. The van der Waals surface area contributed by atoms with Gasteiger partial charge >= 0.3 is 0 Å². The molecule has 1 aliphatic carbocycles. The van der Waals surface area contributed by atoms with Gasteiger partial charge in [-0.2, -0.15) is 0 Å². The van der Waals surface area contributed by atoms with Crippen LogP contribution in [-0.4, -0.2) is 30.1 Å². The molecule has 3 atom stereocenters. The lowest BCUT2D eigenvalue weighted by Gasteiger charge is -2.22. The summed E-state index contributed by atoms with van der Waals surface area (Å²) in [5.41, 5.74) is 6.06. The van der Waals surface area contributed by atoms with Crippen LogP contribution < -0.4 is 5.73 Å². The Morgan fingerprint density at radius 2 is 2.00 bits per heavy atom. The van der Waals surface area contributed by atoms with Crippen LogP contribution in [0.15, 0.2) is 0 Å². The van der Waals surface area contributed by atoms with Gasteiger partial charge in [-0.1, -0.05) is 0 Å². The summed E-state index contributed by atoms with van der Waals surface area (Å²) in [6.07, 6.45) is 2.64. The second-order valence-electron chi connectivity index (χ2n) is 4.71. The van der Waals surface area contributed by atoms with Crippen molar-refractivity contribution in [3.05, 3.63) is 0 Å². The molecule has 1 aliphatic heterocycles. The van der Waals surface area contributed by atoms with Crippen LogP contribution in [0.3, 0.4) is 0 Å². The van der Waals surface area contributed by atoms with E-state index in [2.05, 4.69) is 18.7 Å². The van der Waals surface area contributed by atoms with E-state index in [9.17, 15) is 0 Å². The van der Waals surface area contributed by atoms with E-state index in [-0.39, 0.29) is 0 Å². The van der Waals surface area contributed by atoms with Crippen LogP contribution in [0.4, 0.5) is 0 Å². The zero-order valence-corrected chi connectivity index (χ0v) is 8.16. The molecule has 0 spiro atoms. The van der Waals surface area contributed by atoms with Gasteiger partial charge in [0.05, 0.1) is 0 Å². The Balaban J connectivity index is 1.98. The number of hydrogen-bond acceptors (Lipinski definition) is 2. The largest absolute Gasteiger partial charge is 0.327 e. The zero-order valence-electron chi connectivity index (χ0n) is 8.16. The molecule has 0 aromatic rings. The van der Waals surface area contributed by atoms with Crippen LogP contribution in [0.1, 0.15) is 26.7 Å². The third-order valence-corrected chi connectivity index (χ3v) is 3.67. The van der Waals surface area contributed by atoms with E-state index in [1.165, 1.54) is 25.9 Å². The molecular weight excluding hydrogens is 148 g/mol. The molecule has 0 radical (unpaired) electrons. The lowest BCUT2D eigenvalue weighted by molar-refractivity contribution is 0.251. The number of rotatable bonds is 1. The predicted octanol–water partition coefficient (Wildman–Crippen LogP) is 1.06. The number of nitrogens with two attached hydrogens (primary N) is 1. The summed E-state index contributed by atoms with van der Waals surface area (Å²) in [5, 5.41) is 0. The third kappa shape index (κ3) is 1.27. The third-order valence-electron chi connectivity index (χ3n) is 3.67. The number of hydrogen-bond donors (Lipinski definition) is 1. The van der Waals surface area contributed by atoms with Crippen molar-refractivity contribution in [2.75, 3.05) is 13.1 Å². The van der Waals surface area contributed by atoms with Crippen molar-refractivity contribution in [1.82, 2.24) is 4.90 Å². The highest BCUT2D eigenvalue weighted by Crippen LogP contribution is 2.37. The van der Waals surface area contributed by atoms with Crippen molar-refractivity contribution in [2.45, 2.75) is 38.8 Å². The van der Waals surface area contributed by atoms with Gasteiger partial charge in [0.2, 0.25) is 0 Å². The van der Waals surface area contributed by atoms with Crippen LogP contribution in [0.2, 0.25) is 0 Å². The highest BCUT2D eigenvalue weighted by atomic mass is 15.2. The number of likely N-dealkylation sites (tertiary alicyclic amines) is 1. The van der Waals surface area contributed by atoms with Crippen molar-refractivity contribution < 1.29 is 0 Å². The molecule has 1 saturated carbocycles. The first-order valence-corrected chi connectivity index (χ1v) is 5.18. The summed E-state index contributed by atoms with van der Waals surface area (Å²) in [5.74, 6) is 1.73. The second-order valence-corrected chi connectivity index (χ2v) is 4.71. The number of nitrogens with zero attached hydrogens (tertiary/aromatic N) is 1. The van der Waals surface area contributed by atoms with Crippen LogP contribution in [0.5, 0.6) is 0 Å². The summed E-state index contributed by atoms with van der Waals surface area (Å²) in [6.45, 7) is 7.12. The fourth-order valence-electron chi connectivity index (χ4n) is 2.76. The minimum Gasteiger partial charge on any atom is -0.327 e. The van der Waals surface area contributed by atoms with Gasteiger partial charge in [0, 0.05) is 25.2 Å². The molecule has 2 fully saturated rings. The normalized spacial score (nSPS) is 42.5. The molecule has 2 nitrogen and oxygen atoms in total. The Bertz CT molecular complexity index is 167. The molecule has 12 heavy (non-hydrogen) atoms. The monoisotopic (exact) mass is 168 g/mol. The van der Waals surface area contributed by atoms with Crippen molar-refractivity contribution in [3.8, 4) is 0 Å². The molecule has 70 valence electrons. The topological polar surface area (TPSA) is 29.3 Å². The summed E-state index contributed by atoms with van der Waals surface area (Å²) in [6, 6.07) is 1.21. The Morgan fingerprint density at radius 1 is 1.25 bits per heavy atom. The van der Waals surface area contributed by atoms with Gasteiger partial charge in [-0.15, -0.1) is 0 Å². The highest BCUT2D eigenvalue weighted by Gasteiger charge is 2.41. The molecule has 2 rings (SSSR count). The molecule has 0 aromatic heterocycles. The van der Waals surface area contributed by atoms with E-state index in [0.29, 0.717) is 12.1 Å². The van der Waals surface area contributed by atoms with Gasteiger partial charge in [0.25, 0.3) is 0 Å². The molecule has 1 saturated heterocycles. The van der Waals surface area contributed by atoms with E-state index in [4.69, 9.17) is 5.73 Å². The van der Waals surface area contributed by atoms with E-state index >= 15 is 0 Å². The lowest BCUT2D eigenvalue weighted by Crippen LogP contribution is -2.33. The minimum atomic E-state index is 0.499. The van der Waals surface area contributed by atoms with Crippen molar-refractivity contribution in [3.63, 3.8) is 0 Å². The van der Waals surface area contributed by atoms with Crippen molar-refractivity contribution in [2.24, 2.45) is 17.6 Å². The first-order valence-electron chi connectivity index (χ1n) is 5.18. The first kappa shape index (κ1) is 8.52. The van der Waals surface area contributed by atoms with Crippen LogP contribution in [0.25, 0.3) is 0 Å². The van der Waals surface area contributed by atoms with Crippen molar-refractivity contribution in [1.29, 1.82) is 0 Å². The maximum atomic E-state index is 6.06. The average Bonchev–Trinajstić information content (AvgIpc) is 2.53. The molecule has 2 aliphatic rings. The Morgan fingerprint density at radius 3 is 2.58 bits per heavy atom. The van der Waals surface area contributed by atoms with Crippen LogP contribution in [0, 0.1) is 11.8 Å². The molecule has 2 heteroatoms. The SMILES string of the molecule is CC(C)N1C[C@@H]2CC[C@H](N)[C@@H]2C1. The van der Waals surface area contributed by atoms with Gasteiger partial charge in [-0.25, -0.2) is 0 Å². The quantitative estimate of drug-likeness (QED) is 0.634. The fourth-order valence-corrected chi connectivity index (χ4v) is 2.76. The Hall–Kier alpha value is -0.0800. The van der Waals surface area contributed by atoms with Gasteiger partial charge in [-0.05, 0) is 38.5 Å². The maximum Gasteiger partial charge on any atom is 0.00826 e. The van der Waals surface area contributed by atoms with Gasteiger partial charge in [0.1, 0.15) is 0 Å². The van der Waals surface area contributed by atoms with E-state index in [1.54, 1.807) is 0 Å². The highest BCUT2D eigenvalue weighted by molar-refractivity contribution is 4.96. The van der Waals surface area contributed by atoms with E-state index < -0.39 is 0 Å². The maximum absolute atomic E-state index is 6.06. The predicted molar refractivity (Wildman–Crippen MR) is 50.9 cm³/mol. The smallest absolute Gasteiger partial charge is 0.00826 e. The molecule has 0 amide bonds. The summed E-state index contributed by atoms with van der Waals surface area (Å²) in [4.78, 5) is 2.58. The minimum absolute atomic E-state index is 0.499. The molecule has 2 N–H and O–H groups in total. The van der Waals surface area contributed by atoms with Crippen LogP contribution in [-0.2, 0) is 0 Å². The first-order chi connectivity index (χ1) is 5.68. The van der Waals surface area contributed by atoms with Gasteiger partial charge < -0.3 is 10.6 Å². The van der Waals surface area contributed by atoms with E-state index in [1.807, 2.05) is 0 Å². The standard InChI is InChI=1S/C10H20N2/c1-7(2)12-5-8-3-4-10(11)9(8)6-12/h7-10H,3-6,11H2,1-2H3/t8-,9+,10-/m0/s1. The second kappa shape index (κ2) is 3.00. The van der Waals surface area contributed by atoms with E-state index in [0.717, 1.165) is 11.8 Å². The summed E-state index contributed by atoms with van der Waals surface area (Å²) < 4.78 is 0. The fraction of sp³-hybridized carbons (Fsp3) is 1.00. The molecule has 0 aromatic carbocycles. The summed E-state index contributed by atoms with van der Waals surface area (Å²) in [7, 11) is 0. The Labute approximate surface area is 75.1 Å². The average molecular weight is 168 g/mol. The van der Waals surface area contributed by atoms with Gasteiger partial charge in [0.15, 0.2) is 0 Å².